The summed E-state index contributed by atoms with van der Waals surface area (Å²) in [6.07, 6.45) is 0. The van der Waals surface area contributed by atoms with Crippen molar-refractivity contribution in [3.8, 4) is 17.2 Å². The van der Waals surface area contributed by atoms with Gasteiger partial charge in [0.2, 0.25) is 5.91 Å². The Balaban J connectivity index is 1.56. The van der Waals surface area contributed by atoms with E-state index in [1.807, 2.05) is 26.0 Å². The molecule has 2 amide bonds. The van der Waals surface area contributed by atoms with Crippen LogP contribution in [0.1, 0.15) is 23.0 Å². The number of ether oxygens (including phenoxy) is 1. The number of nitrogens with one attached hydrogen (secondary N) is 2. The molecule has 2 N–H and O–H groups in total. The fraction of sp³-hybridized carbons (Fsp3) is 0.211. The largest absolute Gasteiger partial charge is 0.493 e. The summed E-state index contributed by atoms with van der Waals surface area (Å²) in [7, 11) is 0. The van der Waals surface area contributed by atoms with E-state index in [2.05, 4.69) is 15.6 Å². The van der Waals surface area contributed by atoms with Crippen molar-refractivity contribution in [2.45, 2.75) is 13.8 Å². The van der Waals surface area contributed by atoms with E-state index in [1.54, 1.807) is 29.6 Å². The average molecular weight is 385 g/mol. The molecule has 0 fully saturated rings. The van der Waals surface area contributed by atoms with E-state index in [0.29, 0.717) is 34.5 Å². The number of anilines is 1. The molecule has 2 heterocycles. The van der Waals surface area contributed by atoms with Gasteiger partial charge in [0.25, 0.3) is 5.91 Å². The molecule has 0 saturated carbocycles. The molecule has 0 radical (unpaired) electrons. The van der Waals surface area contributed by atoms with Crippen LogP contribution in [-0.2, 0) is 4.79 Å². The van der Waals surface area contributed by atoms with Gasteiger partial charge in [-0.3, -0.25) is 9.59 Å². The molecular formula is C19H19N3O4S. The lowest BCUT2D eigenvalue weighted by Crippen LogP contribution is -2.33. The van der Waals surface area contributed by atoms with Crippen LogP contribution in [0.15, 0.2) is 46.2 Å². The minimum absolute atomic E-state index is 0.173. The Labute approximate surface area is 160 Å². The van der Waals surface area contributed by atoms with Crippen LogP contribution >= 0.6 is 11.3 Å². The van der Waals surface area contributed by atoms with Gasteiger partial charge in [-0.15, -0.1) is 11.3 Å². The van der Waals surface area contributed by atoms with Crippen LogP contribution < -0.4 is 15.4 Å². The van der Waals surface area contributed by atoms with Gasteiger partial charge in [0.15, 0.2) is 10.9 Å². The molecule has 3 rings (SSSR count). The van der Waals surface area contributed by atoms with Crippen LogP contribution in [0, 0.1) is 6.92 Å². The smallest absolute Gasteiger partial charge is 0.255 e. The summed E-state index contributed by atoms with van der Waals surface area (Å²) >= 11 is 1.29. The molecule has 8 heteroatoms. The van der Waals surface area contributed by atoms with Crippen molar-refractivity contribution in [1.29, 1.82) is 0 Å². The number of benzene rings is 1. The van der Waals surface area contributed by atoms with Gasteiger partial charge in [0.1, 0.15) is 17.2 Å². The Kier molecular flexibility index (Phi) is 5.87. The Morgan fingerprint density at radius 3 is 2.78 bits per heavy atom. The minimum atomic E-state index is -0.375. The number of hydrogen-bond acceptors (Lipinski definition) is 6. The number of carbonyl (C=O) groups is 2. The number of carbonyl (C=O) groups excluding carboxylic acids is 2. The van der Waals surface area contributed by atoms with Crippen LogP contribution in [0.25, 0.3) is 11.5 Å². The number of aryl methyl sites for hydroxylation is 1. The molecule has 0 aliphatic rings. The normalized spacial score (nSPS) is 10.4. The highest BCUT2D eigenvalue weighted by Crippen LogP contribution is 2.26. The minimum Gasteiger partial charge on any atom is -0.493 e. The topological polar surface area (TPSA) is 93.5 Å². The summed E-state index contributed by atoms with van der Waals surface area (Å²) < 4.78 is 10.9. The van der Waals surface area contributed by atoms with E-state index < -0.39 is 0 Å². The van der Waals surface area contributed by atoms with Crippen LogP contribution in [0.2, 0.25) is 0 Å². The van der Waals surface area contributed by atoms with E-state index in [9.17, 15) is 9.59 Å². The van der Waals surface area contributed by atoms with Crippen LogP contribution in [0.5, 0.6) is 5.75 Å². The highest BCUT2D eigenvalue weighted by atomic mass is 32.1. The van der Waals surface area contributed by atoms with Crippen molar-refractivity contribution in [2.75, 3.05) is 18.5 Å². The average Bonchev–Trinajstić information content (AvgIpc) is 3.29. The predicted octanol–water partition coefficient (Wildman–Crippen LogP) is 3.48. The van der Waals surface area contributed by atoms with Gasteiger partial charge < -0.3 is 19.8 Å². The molecule has 0 spiro atoms. The van der Waals surface area contributed by atoms with Crippen LogP contribution in [0.4, 0.5) is 5.13 Å². The Bertz CT molecular complexity index is 948. The van der Waals surface area contributed by atoms with E-state index in [-0.39, 0.29) is 18.4 Å². The standard InChI is InChI=1S/C19H19N3O4S/c1-3-25-15-7-5-4-6-13(15)18(24)20-10-17(23)22-19-21-14(11-27-19)16-9-8-12(2)26-16/h4-9,11H,3,10H2,1-2H3,(H,20,24)(H,21,22,23). The van der Waals surface area contributed by atoms with Crippen molar-refractivity contribution in [3.63, 3.8) is 0 Å². The Morgan fingerprint density at radius 2 is 2.04 bits per heavy atom. The first-order valence-corrected chi connectivity index (χ1v) is 9.27. The molecule has 0 bridgehead atoms. The molecule has 0 aliphatic carbocycles. The number of furan rings is 1. The molecular weight excluding hydrogens is 366 g/mol. The van der Waals surface area contributed by atoms with Gasteiger partial charge in [0.05, 0.1) is 18.7 Å². The van der Waals surface area contributed by atoms with E-state index in [1.165, 1.54) is 11.3 Å². The fourth-order valence-electron chi connectivity index (χ4n) is 2.37. The van der Waals surface area contributed by atoms with E-state index in [4.69, 9.17) is 9.15 Å². The molecule has 140 valence electrons. The number of nitrogens with zero attached hydrogens (tertiary/aromatic N) is 1. The second-order valence-corrected chi connectivity index (χ2v) is 6.47. The highest BCUT2D eigenvalue weighted by molar-refractivity contribution is 7.14. The number of para-hydroxylation sites is 1. The number of aromatic nitrogens is 1. The number of amides is 2. The van der Waals surface area contributed by atoms with E-state index >= 15 is 0 Å². The number of hydrogen-bond donors (Lipinski definition) is 2. The third kappa shape index (κ3) is 4.73. The SMILES string of the molecule is CCOc1ccccc1C(=O)NCC(=O)Nc1nc(-c2ccc(C)o2)cs1. The first kappa shape index (κ1) is 18.7. The van der Waals surface area contributed by atoms with Crippen LogP contribution in [-0.4, -0.2) is 29.9 Å². The molecule has 0 atom stereocenters. The Hall–Kier alpha value is -3.13. The predicted molar refractivity (Wildman–Crippen MR) is 103 cm³/mol. The zero-order chi connectivity index (χ0) is 19.2. The second kappa shape index (κ2) is 8.50. The summed E-state index contributed by atoms with van der Waals surface area (Å²) in [6.45, 7) is 3.97. The molecule has 0 aliphatic heterocycles. The monoisotopic (exact) mass is 385 g/mol. The zero-order valence-corrected chi connectivity index (χ0v) is 15.8. The van der Waals surface area contributed by atoms with Crippen molar-refractivity contribution in [3.05, 3.63) is 53.1 Å². The summed E-state index contributed by atoms with van der Waals surface area (Å²) in [6, 6.07) is 10.6. The lowest BCUT2D eigenvalue weighted by Gasteiger charge is -2.10. The summed E-state index contributed by atoms with van der Waals surface area (Å²) in [5.74, 6) is 1.17. The quantitative estimate of drug-likeness (QED) is 0.649. The molecule has 2 aromatic heterocycles. The molecule has 0 unspecified atom stereocenters. The van der Waals surface area contributed by atoms with Crippen molar-refractivity contribution < 1.29 is 18.7 Å². The highest BCUT2D eigenvalue weighted by Gasteiger charge is 2.14. The lowest BCUT2D eigenvalue weighted by molar-refractivity contribution is -0.115. The first-order valence-electron chi connectivity index (χ1n) is 8.39. The maximum Gasteiger partial charge on any atom is 0.255 e. The maximum absolute atomic E-state index is 12.3. The molecule has 1 aromatic carbocycles. The number of thiazole rings is 1. The first-order chi connectivity index (χ1) is 13.1. The summed E-state index contributed by atoms with van der Waals surface area (Å²) in [5, 5.41) is 7.49. The van der Waals surface area contributed by atoms with Gasteiger partial charge in [-0.1, -0.05) is 12.1 Å². The van der Waals surface area contributed by atoms with Crippen molar-refractivity contribution in [2.24, 2.45) is 0 Å². The summed E-state index contributed by atoms with van der Waals surface area (Å²) in [5.41, 5.74) is 1.04. The number of rotatable bonds is 7. The van der Waals surface area contributed by atoms with Crippen molar-refractivity contribution in [1.82, 2.24) is 10.3 Å². The summed E-state index contributed by atoms with van der Waals surface area (Å²) in [4.78, 5) is 28.7. The zero-order valence-electron chi connectivity index (χ0n) is 14.9. The second-order valence-electron chi connectivity index (χ2n) is 5.61. The Morgan fingerprint density at radius 1 is 1.22 bits per heavy atom. The molecule has 7 nitrogen and oxygen atoms in total. The van der Waals surface area contributed by atoms with Gasteiger partial charge in [0, 0.05) is 5.38 Å². The molecule has 27 heavy (non-hydrogen) atoms. The van der Waals surface area contributed by atoms with Gasteiger partial charge in [-0.2, -0.15) is 0 Å². The maximum atomic E-state index is 12.3. The third-order valence-electron chi connectivity index (χ3n) is 3.58. The van der Waals surface area contributed by atoms with E-state index in [0.717, 1.165) is 5.76 Å². The molecule has 0 saturated heterocycles. The molecule has 3 aromatic rings. The van der Waals surface area contributed by atoms with Crippen molar-refractivity contribution >= 4 is 28.3 Å². The van der Waals surface area contributed by atoms with Crippen LogP contribution in [0.3, 0.4) is 0 Å². The lowest BCUT2D eigenvalue weighted by atomic mass is 10.2. The van der Waals surface area contributed by atoms with Gasteiger partial charge in [-0.05, 0) is 38.1 Å². The third-order valence-corrected chi connectivity index (χ3v) is 4.34. The van der Waals surface area contributed by atoms with Gasteiger partial charge in [-0.25, -0.2) is 4.98 Å². The van der Waals surface area contributed by atoms with Gasteiger partial charge >= 0.3 is 0 Å². The fourth-order valence-corrected chi connectivity index (χ4v) is 3.09.